The molecule has 2 aromatic rings. The van der Waals surface area contributed by atoms with Crippen LogP contribution in [-0.2, 0) is 5.54 Å². The Labute approximate surface area is 146 Å². The minimum absolute atomic E-state index is 0.0344. The number of carbonyl (C=O) groups is 1. The van der Waals surface area contributed by atoms with Gasteiger partial charge in [0.05, 0.1) is 5.54 Å². The van der Waals surface area contributed by atoms with Gasteiger partial charge in [0.15, 0.2) is 5.69 Å². The number of rotatable bonds is 5. The first kappa shape index (κ1) is 18.9. The van der Waals surface area contributed by atoms with Crippen LogP contribution in [0.25, 0.3) is 0 Å². The molecule has 0 bridgehead atoms. The normalized spacial score (nSPS) is 11.9. The van der Waals surface area contributed by atoms with Crippen LogP contribution >= 0.6 is 0 Å². The van der Waals surface area contributed by atoms with E-state index in [1.54, 1.807) is 6.07 Å². The molecule has 0 unspecified atom stereocenters. The Morgan fingerprint density at radius 2 is 1.80 bits per heavy atom. The summed E-state index contributed by atoms with van der Waals surface area (Å²) in [6.07, 6.45) is 0. The zero-order chi connectivity index (χ0) is 18.8. The lowest BCUT2D eigenvalue weighted by molar-refractivity contribution is -0.0498. The van der Waals surface area contributed by atoms with Crippen LogP contribution in [0.2, 0.25) is 0 Å². The number of nitrogens with zero attached hydrogens (tertiary/aromatic N) is 2. The van der Waals surface area contributed by atoms with Crippen LogP contribution in [0.4, 0.5) is 14.5 Å². The van der Waals surface area contributed by atoms with Gasteiger partial charge in [0, 0.05) is 11.4 Å². The van der Waals surface area contributed by atoms with Crippen molar-refractivity contribution in [1.82, 2.24) is 9.78 Å². The molecule has 0 aliphatic heterocycles. The molecule has 1 heterocycles. The largest absolute Gasteiger partial charge is 0.435 e. The molecule has 2 rings (SSSR count). The Morgan fingerprint density at radius 3 is 2.24 bits per heavy atom. The Morgan fingerprint density at radius 1 is 1.20 bits per heavy atom. The first-order chi connectivity index (χ1) is 11.6. The van der Waals surface area contributed by atoms with E-state index in [4.69, 9.17) is 0 Å². The van der Waals surface area contributed by atoms with Gasteiger partial charge in [0.1, 0.15) is 5.75 Å². The van der Waals surface area contributed by atoms with Crippen LogP contribution in [0.15, 0.2) is 30.3 Å². The van der Waals surface area contributed by atoms with E-state index >= 15 is 0 Å². The summed E-state index contributed by atoms with van der Waals surface area (Å²) in [5, 5.41) is 7.15. The smallest absolute Gasteiger partial charge is 0.387 e. The number of amides is 1. The lowest BCUT2D eigenvalue weighted by Gasteiger charge is -2.23. The fraction of sp³-hybridized carbons (Fsp3) is 0.444. The molecule has 1 N–H and O–H groups in total. The van der Waals surface area contributed by atoms with Crippen LogP contribution in [0.3, 0.4) is 0 Å². The highest BCUT2D eigenvalue weighted by Gasteiger charge is 2.23. The van der Waals surface area contributed by atoms with Gasteiger partial charge in [-0.15, -0.1) is 0 Å². The fourth-order valence-electron chi connectivity index (χ4n) is 2.37. The highest BCUT2D eigenvalue weighted by molar-refractivity contribution is 6.02. The van der Waals surface area contributed by atoms with E-state index in [-0.39, 0.29) is 23.1 Å². The van der Waals surface area contributed by atoms with Gasteiger partial charge < -0.3 is 10.1 Å². The van der Waals surface area contributed by atoms with Gasteiger partial charge >= 0.3 is 6.61 Å². The van der Waals surface area contributed by atoms with E-state index in [9.17, 15) is 13.6 Å². The minimum Gasteiger partial charge on any atom is -0.435 e. The Hall–Kier alpha value is -2.44. The predicted octanol–water partition coefficient (Wildman–Crippen LogP) is 4.62. The SMILES string of the molecule is CC(C)c1cc(C(=O)Nc2ccc(OC(F)F)cc2)nn1C(C)(C)C. The number of anilines is 1. The van der Waals surface area contributed by atoms with Crippen LogP contribution in [0, 0.1) is 0 Å². The maximum atomic E-state index is 12.5. The van der Waals surface area contributed by atoms with Crippen molar-refractivity contribution < 1.29 is 18.3 Å². The fourth-order valence-corrected chi connectivity index (χ4v) is 2.37. The summed E-state index contributed by atoms with van der Waals surface area (Å²) in [6, 6.07) is 7.52. The van der Waals surface area contributed by atoms with Crippen molar-refractivity contribution in [3.63, 3.8) is 0 Å². The molecular weight excluding hydrogens is 328 g/mol. The third kappa shape index (κ3) is 4.78. The maximum Gasteiger partial charge on any atom is 0.387 e. The number of ether oxygens (including phenoxy) is 1. The summed E-state index contributed by atoms with van der Waals surface area (Å²) in [6.45, 7) is 7.28. The molecule has 0 saturated carbocycles. The van der Waals surface area contributed by atoms with Crippen molar-refractivity contribution in [1.29, 1.82) is 0 Å². The molecule has 0 atom stereocenters. The molecule has 0 aliphatic rings. The number of alkyl halides is 2. The number of halogens is 2. The summed E-state index contributed by atoms with van der Waals surface area (Å²) < 4.78 is 30.4. The second-order valence-corrected chi connectivity index (χ2v) is 7.05. The van der Waals surface area contributed by atoms with Crippen molar-refractivity contribution in [2.45, 2.75) is 52.7 Å². The molecule has 5 nitrogen and oxygen atoms in total. The van der Waals surface area contributed by atoms with Crippen molar-refractivity contribution in [3.8, 4) is 5.75 Å². The zero-order valence-electron chi connectivity index (χ0n) is 15.0. The highest BCUT2D eigenvalue weighted by atomic mass is 19.3. The first-order valence-corrected chi connectivity index (χ1v) is 8.04. The van der Waals surface area contributed by atoms with E-state index in [2.05, 4.69) is 15.2 Å². The number of hydrogen-bond donors (Lipinski definition) is 1. The maximum absolute atomic E-state index is 12.5. The summed E-state index contributed by atoms with van der Waals surface area (Å²) in [4.78, 5) is 12.5. The van der Waals surface area contributed by atoms with E-state index in [0.29, 0.717) is 11.4 Å². The average Bonchev–Trinajstić information content (AvgIpc) is 2.94. The number of benzene rings is 1. The topological polar surface area (TPSA) is 56.1 Å². The zero-order valence-corrected chi connectivity index (χ0v) is 15.0. The van der Waals surface area contributed by atoms with E-state index < -0.39 is 6.61 Å². The Bertz CT molecular complexity index is 732. The highest BCUT2D eigenvalue weighted by Crippen LogP contribution is 2.24. The summed E-state index contributed by atoms with van der Waals surface area (Å²) in [5.41, 5.74) is 1.51. The number of nitrogens with one attached hydrogen (secondary N) is 1. The van der Waals surface area contributed by atoms with Gasteiger partial charge in [-0.3, -0.25) is 9.48 Å². The molecule has 25 heavy (non-hydrogen) atoms. The van der Waals surface area contributed by atoms with E-state index in [1.165, 1.54) is 24.3 Å². The second kappa shape index (κ2) is 7.21. The molecule has 0 radical (unpaired) electrons. The van der Waals surface area contributed by atoms with E-state index in [0.717, 1.165) is 5.69 Å². The van der Waals surface area contributed by atoms with Gasteiger partial charge in [0.2, 0.25) is 0 Å². The van der Waals surface area contributed by atoms with Crippen molar-refractivity contribution in [2.75, 3.05) is 5.32 Å². The molecular formula is C18H23F2N3O2. The average molecular weight is 351 g/mol. The van der Waals surface area contributed by atoms with Crippen LogP contribution in [0.5, 0.6) is 5.75 Å². The number of aromatic nitrogens is 2. The van der Waals surface area contributed by atoms with Crippen molar-refractivity contribution >= 4 is 11.6 Å². The molecule has 1 aromatic heterocycles. The number of carbonyl (C=O) groups excluding carboxylic acids is 1. The van der Waals surface area contributed by atoms with Crippen LogP contribution < -0.4 is 10.1 Å². The van der Waals surface area contributed by atoms with Crippen molar-refractivity contribution in [3.05, 3.63) is 41.7 Å². The molecule has 0 spiro atoms. The predicted molar refractivity (Wildman–Crippen MR) is 92.3 cm³/mol. The summed E-state index contributed by atoms with van der Waals surface area (Å²) >= 11 is 0. The lowest BCUT2D eigenvalue weighted by atomic mass is 10.1. The third-order valence-electron chi connectivity index (χ3n) is 3.53. The van der Waals surface area contributed by atoms with Gasteiger partial charge in [0.25, 0.3) is 5.91 Å². The molecule has 7 heteroatoms. The summed E-state index contributed by atoms with van der Waals surface area (Å²) in [5.74, 6) is -0.0985. The number of hydrogen-bond acceptors (Lipinski definition) is 3. The monoisotopic (exact) mass is 351 g/mol. The molecule has 0 fully saturated rings. The van der Waals surface area contributed by atoms with Gasteiger partial charge in [-0.1, -0.05) is 13.8 Å². The standard InChI is InChI=1S/C18H23F2N3O2/c1-11(2)15-10-14(22-23(15)18(3,4)5)16(24)21-12-6-8-13(9-7-12)25-17(19)20/h6-11,17H,1-5H3,(H,21,24). The molecule has 0 aliphatic carbocycles. The quantitative estimate of drug-likeness (QED) is 0.855. The van der Waals surface area contributed by atoms with Gasteiger partial charge in [-0.2, -0.15) is 13.9 Å². The van der Waals surface area contributed by atoms with Crippen molar-refractivity contribution in [2.24, 2.45) is 0 Å². The Balaban J connectivity index is 2.18. The van der Waals surface area contributed by atoms with Gasteiger partial charge in [-0.05, 0) is 57.0 Å². The molecule has 1 amide bonds. The Kier molecular flexibility index (Phi) is 5.45. The van der Waals surface area contributed by atoms with E-state index in [1.807, 2.05) is 39.3 Å². The third-order valence-corrected chi connectivity index (χ3v) is 3.53. The minimum atomic E-state index is -2.88. The molecule has 136 valence electrons. The summed E-state index contributed by atoms with van der Waals surface area (Å²) in [7, 11) is 0. The van der Waals surface area contributed by atoms with Gasteiger partial charge in [-0.25, -0.2) is 0 Å². The second-order valence-electron chi connectivity index (χ2n) is 7.05. The van der Waals surface area contributed by atoms with Crippen LogP contribution in [-0.4, -0.2) is 22.3 Å². The molecule has 1 aromatic carbocycles. The first-order valence-electron chi connectivity index (χ1n) is 8.04. The molecule has 0 saturated heterocycles. The lowest BCUT2D eigenvalue weighted by Crippen LogP contribution is -2.26. The van der Waals surface area contributed by atoms with Crippen LogP contribution in [0.1, 0.15) is 56.7 Å².